The van der Waals surface area contributed by atoms with Crippen LogP contribution in [0, 0.1) is 0 Å². The molecule has 0 saturated heterocycles. The Kier molecular flexibility index (Phi) is 6.05. The highest BCUT2D eigenvalue weighted by molar-refractivity contribution is 5.87. The van der Waals surface area contributed by atoms with Crippen LogP contribution in [0.15, 0.2) is 24.3 Å². The fourth-order valence-corrected chi connectivity index (χ4v) is 1.59. The summed E-state index contributed by atoms with van der Waals surface area (Å²) < 4.78 is 10.0. The van der Waals surface area contributed by atoms with Crippen molar-refractivity contribution in [1.82, 2.24) is 0 Å². The molecule has 1 aromatic rings. The number of rotatable bonds is 6. The first-order chi connectivity index (χ1) is 9.12. The summed E-state index contributed by atoms with van der Waals surface area (Å²) in [5, 5.41) is 9.06. The van der Waals surface area contributed by atoms with Gasteiger partial charge < -0.3 is 20.3 Å². The Morgan fingerprint density at radius 3 is 2.84 bits per heavy atom. The van der Waals surface area contributed by atoms with Gasteiger partial charge in [0.15, 0.2) is 0 Å². The molecule has 0 aliphatic rings. The highest BCUT2D eigenvalue weighted by atomic mass is 16.5. The van der Waals surface area contributed by atoms with Crippen LogP contribution in [0.4, 0.5) is 0 Å². The number of hydrogen-bond donors (Lipinski definition) is 2. The second-order valence-corrected chi connectivity index (χ2v) is 3.88. The SMILES string of the molecule is CCOC(=O)/C=C/c1ccc(C(N)CO)c(OC)c1. The highest BCUT2D eigenvalue weighted by Gasteiger charge is 2.10. The Balaban J connectivity index is 2.91. The molecular weight excluding hydrogens is 246 g/mol. The molecule has 19 heavy (non-hydrogen) atoms. The fourth-order valence-electron chi connectivity index (χ4n) is 1.59. The summed E-state index contributed by atoms with van der Waals surface area (Å²) in [6.45, 7) is 1.94. The molecule has 0 spiro atoms. The first-order valence-corrected chi connectivity index (χ1v) is 6.01. The van der Waals surface area contributed by atoms with Gasteiger partial charge in [-0.2, -0.15) is 0 Å². The zero-order chi connectivity index (χ0) is 14.3. The molecular formula is C14H19NO4. The number of hydrogen-bond acceptors (Lipinski definition) is 5. The maximum atomic E-state index is 11.2. The van der Waals surface area contributed by atoms with Crippen molar-refractivity contribution in [3.63, 3.8) is 0 Å². The van der Waals surface area contributed by atoms with E-state index in [4.69, 9.17) is 20.3 Å². The van der Waals surface area contributed by atoms with Crippen molar-refractivity contribution < 1.29 is 19.4 Å². The summed E-state index contributed by atoms with van der Waals surface area (Å²) in [6, 6.07) is 4.83. The maximum absolute atomic E-state index is 11.2. The van der Waals surface area contributed by atoms with Gasteiger partial charge in [-0.15, -0.1) is 0 Å². The monoisotopic (exact) mass is 265 g/mol. The molecule has 0 aliphatic carbocycles. The molecule has 5 heteroatoms. The van der Waals surface area contributed by atoms with Crippen LogP contribution in [-0.4, -0.2) is 31.4 Å². The van der Waals surface area contributed by atoms with E-state index in [2.05, 4.69) is 0 Å². The van der Waals surface area contributed by atoms with Crippen molar-refractivity contribution in [3.8, 4) is 5.75 Å². The first-order valence-electron chi connectivity index (χ1n) is 6.01. The van der Waals surface area contributed by atoms with Gasteiger partial charge in [0, 0.05) is 11.6 Å². The van der Waals surface area contributed by atoms with Gasteiger partial charge >= 0.3 is 5.97 Å². The molecule has 0 bridgehead atoms. The number of esters is 1. The van der Waals surface area contributed by atoms with Gasteiger partial charge in [-0.05, 0) is 24.6 Å². The summed E-state index contributed by atoms with van der Waals surface area (Å²) in [5.41, 5.74) is 7.27. The fraction of sp³-hybridized carbons (Fsp3) is 0.357. The van der Waals surface area contributed by atoms with E-state index in [-0.39, 0.29) is 6.61 Å². The van der Waals surface area contributed by atoms with E-state index in [9.17, 15) is 4.79 Å². The summed E-state index contributed by atoms with van der Waals surface area (Å²) >= 11 is 0. The molecule has 0 amide bonds. The number of carbonyl (C=O) groups excluding carboxylic acids is 1. The zero-order valence-corrected chi connectivity index (χ0v) is 11.1. The lowest BCUT2D eigenvalue weighted by molar-refractivity contribution is -0.137. The van der Waals surface area contributed by atoms with Crippen molar-refractivity contribution in [1.29, 1.82) is 0 Å². The van der Waals surface area contributed by atoms with E-state index in [1.807, 2.05) is 0 Å². The van der Waals surface area contributed by atoms with Gasteiger partial charge in [-0.1, -0.05) is 12.1 Å². The van der Waals surface area contributed by atoms with E-state index in [1.165, 1.54) is 13.2 Å². The number of benzene rings is 1. The lowest BCUT2D eigenvalue weighted by atomic mass is 10.0. The van der Waals surface area contributed by atoms with Gasteiger partial charge in [0.2, 0.25) is 0 Å². The smallest absolute Gasteiger partial charge is 0.330 e. The van der Waals surface area contributed by atoms with E-state index >= 15 is 0 Å². The number of methoxy groups -OCH3 is 1. The summed E-state index contributed by atoms with van der Waals surface area (Å²) in [4.78, 5) is 11.2. The minimum atomic E-state index is -0.488. The van der Waals surface area contributed by atoms with Crippen LogP contribution >= 0.6 is 0 Å². The van der Waals surface area contributed by atoms with Crippen molar-refractivity contribution in [2.75, 3.05) is 20.3 Å². The maximum Gasteiger partial charge on any atom is 0.330 e. The zero-order valence-electron chi connectivity index (χ0n) is 11.1. The van der Waals surface area contributed by atoms with Crippen LogP contribution in [0.2, 0.25) is 0 Å². The number of aliphatic hydroxyl groups is 1. The molecule has 0 aliphatic heterocycles. The van der Waals surface area contributed by atoms with E-state index in [0.29, 0.717) is 12.4 Å². The Morgan fingerprint density at radius 1 is 1.53 bits per heavy atom. The predicted molar refractivity (Wildman–Crippen MR) is 72.7 cm³/mol. The predicted octanol–water partition coefficient (Wildman–Crippen LogP) is 1.26. The van der Waals surface area contributed by atoms with Crippen molar-refractivity contribution in [2.45, 2.75) is 13.0 Å². The van der Waals surface area contributed by atoms with Crippen LogP contribution in [0.1, 0.15) is 24.1 Å². The van der Waals surface area contributed by atoms with Gasteiger partial charge in [0.1, 0.15) is 5.75 Å². The van der Waals surface area contributed by atoms with Crippen LogP contribution in [0.25, 0.3) is 6.08 Å². The van der Waals surface area contributed by atoms with Crippen molar-refractivity contribution in [2.24, 2.45) is 5.73 Å². The third-order valence-electron chi connectivity index (χ3n) is 2.55. The topological polar surface area (TPSA) is 81.8 Å². The van der Waals surface area contributed by atoms with Crippen LogP contribution in [-0.2, 0) is 9.53 Å². The third-order valence-corrected chi connectivity index (χ3v) is 2.55. The average Bonchev–Trinajstić information content (AvgIpc) is 2.44. The standard InChI is InChI=1S/C14H19NO4/c1-3-19-14(17)7-5-10-4-6-11(12(15)9-16)13(8-10)18-2/h4-8,12,16H,3,9,15H2,1-2H3/b7-5+. The molecule has 1 unspecified atom stereocenters. The molecule has 0 fully saturated rings. The molecule has 3 N–H and O–H groups in total. The van der Waals surface area contributed by atoms with Gasteiger partial charge in [-0.3, -0.25) is 0 Å². The normalized spacial score (nSPS) is 12.4. The molecule has 0 saturated carbocycles. The molecule has 0 radical (unpaired) electrons. The quantitative estimate of drug-likeness (QED) is 0.598. The minimum Gasteiger partial charge on any atom is -0.496 e. The molecule has 5 nitrogen and oxygen atoms in total. The van der Waals surface area contributed by atoms with Gasteiger partial charge in [0.05, 0.1) is 26.4 Å². The number of ether oxygens (including phenoxy) is 2. The number of aliphatic hydroxyl groups excluding tert-OH is 1. The van der Waals surface area contributed by atoms with Crippen molar-refractivity contribution in [3.05, 3.63) is 35.4 Å². The second kappa shape index (κ2) is 7.56. The lowest BCUT2D eigenvalue weighted by Crippen LogP contribution is -2.15. The summed E-state index contributed by atoms with van der Waals surface area (Å²) in [5.74, 6) is 0.185. The van der Waals surface area contributed by atoms with Crippen LogP contribution < -0.4 is 10.5 Å². The molecule has 1 aromatic carbocycles. The van der Waals surface area contributed by atoms with Gasteiger partial charge in [0.25, 0.3) is 0 Å². The Morgan fingerprint density at radius 2 is 2.26 bits per heavy atom. The van der Waals surface area contributed by atoms with E-state index in [0.717, 1.165) is 11.1 Å². The third kappa shape index (κ3) is 4.39. The molecule has 104 valence electrons. The minimum absolute atomic E-state index is 0.158. The van der Waals surface area contributed by atoms with Crippen LogP contribution in [0.5, 0.6) is 5.75 Å². The first kappa shape index (κ1) is 15.2. The number of carbonyl (C=O) groups is 1. The van der Waals surface area contributed by atoms with Crippen LogP contribution in [0.3, 0.4) is 0 Å². The van der Waals surface area contributed by atoms with E-state index < -0.39 is 12.0 Å². The second-order valence-electron chi connectivity index (χ2n) is 3.88. The number of nitrogens with two attached hydrogens (primary N) is 1. The highest BCUT2D eigenvalue weighted by Crippen LogP contribution is 2.25. The lowest BCUT2D eigenvalue weighted by Gasteiger charge is -2.13. The average molecular weight is 265 g/mol. The van der Waals surface area contributed by atoms with Crippen molar-refractivity contribution >= 4 is 12.0 Å². The van der Waals surface area contributed by atoms with Gasteiger partial charge in [-0.25, -0.2) is 4.79 Å². The molecule has 0 heterocycles. The Bertz CT molecular complexity index is 457. The Hall–Kier alpha value is -1.85. The molecule has 1 rings (SSSR count). The Labute approximate surface area is 112 Å². The molecule has 1 atom stereocenters. The largest absolute Gasteiger partial charge is 0.496 e. The summed E-state index contributed by atoms with van der Waals surface area (Å²) in [6.07, 6.45) is 2.98. The van der Waals surface area contributed by atoms with E-state index in [1.54, 1.807) is 31.2 Å². The molecule has 0 aromatic heterocycles. The summed E-state index contributed by atoms with van der Waals surface area (Å²) in [7, 11) is 1.53.